The second-order valence-electron chi connectivity index (χ2n) is 7.59. The number of nitrogens with zero attached hydrogens (tertiary/aromatic N) is 1. The molecule has 0 spiro atoms. The minimum atomic E-state index is -4.17. The molecule has 1 aliphatic heterocycles. The van der Waals surface area contributed by atoms with Crippen LogP contribution in [-0.4, -0.2) is 39.3 Å². The van der Waals surface area contributed by atoms with Crippen molar-refractivity contribution in [2.24, 2.45) is 5.92 Å². The molecule has 2 aromatic carbocycles. The van der Waals surface area contributed by atoms with Gasteiger partial charge in [-0.1, -0.05) is 17.7 Å². The van der Waals surface area contributed by atoms with E-state index in [-0.39, 0.29) is 44.3 Å². The van der Waals surface area contributed by atoms with Crippen LogP contribution in [0.3, 0.4) is 0 Å². The smallest absolute Gasteiger partial charge is 0.335 e. The number of aromatic carboxylic acids is 1. The van der Waals surface area contributed by atoms with Crippen LogP contribution >= 0.6 is 11.6 Å². The van der Waals surface area contributed by atoms with Gasteiger partial charge in [0, 0.05) is 12.0 Å². The first-order valence-corrected chi connectivity index (χ1v) is 11.5. The van der Waals surface area contributed by atoms with Gasteiger partial charge >= 0.3 is 5.97 Å². The predicted molar refractivity (Wildman–Crippen MR) is 112 cm³/mol. The van der Waals surface area contributed by atoms with Crippen molar-refractivity contribution >= 4 is 33.3 Å². The Morgan fingerprint density at radius 3 is 2.61 bits per heavy atom. The van der Waals surface area contributed by atoms with Crippen molar-refractivity contribution in [3.8, 4) is 11.8 Å². The Morgan fingerprint density at radius 2 is 2.03 bits per heavy atom. The Labute approximate surface area is 184 Å². The fraction of sp³-hybridized carbons (Fsp3) is 0.333. The van der Waals surface area contributed by atoms with Crippen LogP contribution in [0.4, 0.5) is 5.69 Å². The highest BCUT2D eigenvalue weighted by atomic mass is 35.5. The van der Waals surface area contributed by atoms with Crippen LogP contribution in [-0.2, 0) is 14.8 Å². The summed E-state index contributed by atoms with van der Waals surface area (Å²) in [5.74, 6) is -0.776. The quantitative estimate of drug-likeness (QED) is 0.613. The van der Waals surface area contributed by atoms with Crippen LogP contribution in [0.25, 0.3) is 0 Å². The Balaban J connectivity index is 1.71. The number of sulfonamides is 1. The molecule has 8 nitrogen and oxygen atoms in total. The van der Waals surface area contributed by atoms with E-state index in [1.165, 1.54) is 18.2 Å². The summed E-state index contributed by atoms with van der Waals surface area (Å²) in [6.45, 7) is 1.41. The highest BCUT2D eigenvalue weighted by Gasteiger charge is 2.32. The van der Waals surface area contributed by atoms with Gasteiger partial charge < -0.3 is 14.6 Å². The number of carboxylic acids is 1. The second kappa shape index (κ2) is 8.38. The maximum atomic E-state index is 13.3. The SMILES string of the molecule is N#Cc1cc(NS(=O)(=O)c2cc(C(=O)O)ccc2C2CC2)c(OCC2COC2)cc1Cl. The molecular formula is C21H19ClN2O6S. The van der Waals surface area contributed by atoms with Crippen LogP contribution in [0, 0.1) is 17.2 Å². The van der Waals surface area contributed by atoms with E-state index in [2.05, 4.69) is 4.72 Å². The van der Waals surface area contributed by atoms with Crippen LogP contribution in [0.2, 0.25) is 5.02 Å². The maximum absolute atomic E-state index is 13.3. The Bertz CT molecular complexity index is 1180. The number of benzene rings is 2. The molecule has 10 heteroatoms. The van der Waals surface area contributed by atoms with Crippen LogP contribution in [0.1, 0.15) is 40.2 Å². The summed E-state index contributed by atoms with van der Waals surface area (Å²) in [4.78, 5) is 11.3. The number of hydrogen-bond acceptors (Lipinski definition) is 6. The summed E-state index contributed by atoms with van der Waals surface area (Å²) in [6.07, 6.45) is 1.68. The Hall–Kier alpha value is -2.80. The lowest BCUT2D eigenvalue weighted by molar-refractivity contribution is -0.0507. The number of anilines is 1. The summed E-state index contributed by atoms with van der Waals surface area (Å²) in [5, 5.41) is 18.7. The zero-order valence-electron chi connectivity index (χ0n) is 16.3. The molecular weight excluding hydrogens is 444 g/mol. The van der Waals surface area contributed by atoms with Gasteiger partial charge in [0.1, 0.15) is 11.8 Å². The molecule has 31 heavy (non-hydrogen) atoms. The molecule has 0 unspecified atom stereocenters. The minimum Gasteiger partial charge on any atom is -0.491 e. The lowest BCUT2D eigenvalue weighted by Crippen LogP contribution is -2.32. The average Bonchev–Trinajstić information content (AvgIpc) is 3.53. The highest BCUT2D eigenvalue weighted by molar-refractivity contribution is 7.92. The standard InChI is InChI=1S/C21H19ClN2O6S/c22-17-7-19(30-11-12-9-29-10-12)18(5-15(17)8-23)24-31(27,28)20-6-14(21(25)26)3-4-16(20)13-1-2-13/h3-7,12-13,24H,1-2,9-11H2,(H,25,26). The van der Waals surface area contributed by atoms with E-state index >= 15 is 0 Å². The lowest BCUT2D eigenvalue weighted by atomic mass is 10.1. The van der Waals surface area contributed by atoms with E-state index in [1.807, 2.05) is 6.07 Å². The summed E-state index contributed by atoms with van der Waals surface area (Å²) < 4.78 is 39.9. The van der Waals surface area contributed by atoms with Gasteiger partial charge in [0.05, 0.1) is 46.6 Å². The fourth-order valence-electron chi connectivity index (χ4n) is 3.26. The number of hydrogen-bond donors (Lipinski definition) is 2. The van der Waals surface area contributed by atoms with Gasteiger partial charge in [0.25, 0.3) is 10.0 Å². The van der Waals surface area contributed by atoms with Gasteiger partial charge in [-0.05, 0) is 42.5 Å². The molecule has 0 radical (unpaired) electrons. The largest absolute Gasteiger partial charge is 0.491 e. The van der Waals surface area contributed by atoms with Crippen molar-refractivity contribution < 1.29 is 27.8 Å². The third-order valence-corrected chi connectivity index (χ3v) is 6.92. The van der Waals surface area contributed by atoms with Gasteiger partial charge in [-0.3, -0.25) is 4.72 Å². The van der Waals surface area contributed by atoms with Crippen molar-refractivity contribution in [1.29, 1.82) is 5.26 Å². The fourth-order valence-corrected chi connectivity index (χ4v) is 4.84. The van der Waals surface area contributed by atoms with Gasteiger partial charge in [-0.25, -0.2) is 13.2 Å². The van der Waals surface area contributed by atoms with Crippen LogP contribution < -0.4 is 9.46 Å². The summed E-state index contributed by atoms with van der Waals surface area (Å²) >= 11 is 6.11. The highest BCUT2D eigenvalue weighted by Crippen LogP contribution is 2.44. The Morgan fingerprint density at radius 1 is 1.29 bits per heavy atom. The van der Waals surface area contributed by atoms with Crippen LogP contribution in [0.15, 0.2) is 35.2 Å². The molecule has 1 aliphatic carbocycles. The van der Waals surface area contributed by atoms with E-state index < -0.39 is 16.0 Å². The number of nitrogens with one attached hydrogen (secondary N) is 1. The van der Waals surface area contributed by atoms with Crippen molar-refractivity contribution in [2.45, 2.75) is 23.7 Å². The Kier molecular flexibility index (Phi) is 5.79. The number of nitriles is 1. The molecule has 2 aliphatic rings. The molecule has 1 heterocycles. The zero-order chi connectivity index (χ0) is 22.2. The zero-order valence-corrected chi connectivity index (χ0v) is 17.9. The third-order valence-electron chi connectivity index (χ3n) is 5.18. The number of rotatable bonds is 8. The molecule has 0 aromatic heterocycles. The molecule has 162 valence electrons. The predicted octanol–water partition coefficient (Wildman–Crippen LogP) is 3.61. The van der Waals surface area contributed by atoms with Gasteiger partial charge in [-0.2, -0.15) is 5.26 Å². The molecule has 0 amide bonds. The average molecular weight is 463 g/mol. The normalized spacial score (nSPS) is 16.3. The number of carboxylic acid groups (broad SMARTS) is 1. The van der Waals surface area contributed by atoms with Crippen molar-refractivity contribution in [2.75, 3.05) is 24.5 Å². The molecule has 2 N–H and O–H groups in total. The van der Waals surface area contributed by atoms with Crippen molar-refractivity contribution in [3.63, 3.8) is 0 Å². The number of carbonyl (C=O) groups is 1. The first-order chi connectivity index (χ1) is 14.8. The molecule has 1 saturated heterocycles. The summed E-state index contributed by atoms with van der Waals surface area (Å²) in [7, 11) is -4.17. The second-order valence-corrected chi connectivity index (χ2v) is 9.65. The molecule has 4 rings (SSSR count). The number of halogens is 1. The van der Waals surface area contributed by atoms with E-state index in [0.29, 0.717) is 25.4 Å². The topological polar surface area (TPSA) is 126 Å². The maximum Gasteiger partial charge on any atom is 0.335 e. The van der Waals surface area contributed by atoms with Crippen LogP contribution in [0.5, 0.6) is 5.75 Å². The van der Waals surface area contributed by atoms with E-state index in [1.54, 1.807) is 6.07 Å². The summed E-state index contributed by atoms with van der Waals surface area (Å²) in [5.41, 5.74) is 0.588. The van der Waals surface area contributed by atoms with Gasteiger partial charge in [-0.15, -0.1) is 0 Å². The molecule has 2 aromatic rings. The van der Waals surface area contributed by atoms with E-state index in [4.69, 9.17) is 21.1 Å². The first kappa shape index (κ1) is 21.4. The van der Waals surface area contributed by atoms with Gasteiger partial charge in [0.15, 0.2) is 0 Å². The molecule has 0 bridgehead atoms. The number of ether oxygens (including phenoxy) is 2. The first-order valence-electron chi connectivity index (χ1n) is 9.62. The van der Waals surface area contributed by atoms with Crippen molar-refractivity contribution in [3.05, 3.63) is 52.0 Å². The molecule has 1 saturated carbocycles. The van der Waals surface area contributed by atoms with Crippen molar-refractivity contribution in [1.82, 2.24) is 0 Å². The van der Waals surface area contributed by atoms with E-state index in [9.17, 15) is 23.6 Å². The molecule has 2 fully saturated rings. The monoisotopic (exact) mass is 462 g/mol. The molecule has 0 atom stereocenters. The third kappa shape index (κ3) is 4.61. The minimum absolute atomic E-state index is 0.0590. The lowest BCUT2D eigenvalue weighted by Gasteiger charge is -2.26. The van der Waals surface area contributed by atoms with Gasteiger partial charge in [0.2, 0.25) is 0 Å². The van der Waals surface area contributed by atoms with E-state index in [0.717, 1.165) is 18.9 Å². The summed E-state index contributed by atoms with van der Waals surface area (Å²) in [6, 6.07) is 8.73.